The Balaban J connectivity index is 2.87. The van der Waals surface area contributed by atoms with Crippen molar-refractivity contribution < 1.29 is 24.2 Å². The quantitative estimate of drug-likeness (QED) is 0.722. The van der Waals surface area contributed by atoms with Gasteiger partial charge in [-0.3, -0.25) is 4.79 Å². The van der Waals surface area contributed by atoms with Crippen molar-refractivity contribution >= 4 is 11.9 Å². The number of hydrogen-bond acceptors (Lipinski definition) is 3. The molecule has 1 amide bonds. The van der Waals surface area contributed by atoms with Gasteiger partial charge < -0.3 is 15.5 Å². The lowest BCUT2D eigenvalue weighted by atomic mass is 10.1. The van der Waals surface area contributed by atoms with Gasteiger partial charge in [0.2, 0.25) is 0 Å². The molecule has 3 N–H and O–H groups in total. The van der Waals surface area contributed by atoms with Crippen molar-refractivity contribution in [2.75, 3.05) is 6.61 Å². The van der Waals surface area contributed by atoms with Gasteiger partial charge in [-0.15, -0.1) is 0 Å². The molecule has 0 bridgehead atoms. The summed E-state index contributed by atoms with van der Waals surface area (Å²) in [5.74, 6) is -2.76. The van der Waals surface area contributed by atoms with Gasteiger partial charge in [0.1, 0.15) is 11.9 Å². The number of carboxylic acids is 1. The summed E-state index contributed by atoms with van der Waals surface area (Å²) < 4.78 is 13.6. The van der Waals surface area contributed by atoms with Gasteiger partial charge in [0.25, 0.3) is 5.91 Å². The van der Waals surface area contributed by atoms with Crippen LogP contribution >= 0.6 is 0 Å². The van der Waals surface area contributed by atoms with Crippen molar-refractivity contribution in [1.29, 1.82) is 0 Å². The van der Waals surface area contributed by atoms with Crippen LogP contribution in [0.1, 0.15) is 22.3 Å². The summed E-state index contributed by atoms with van der Waals surface area (Å²) in [5, 5.41) is 19.6. The zero-order valence-electron chi connectivity index (χ0n) is 9.81. The fraction of sp³-hybridized carbons (Fsp3) is 0.333. The van der Waals surface area contributed by atoms with Gasteiger partial charge in [-0.2, -0.15) is 0 Å². The Bertz CT molecular complexity index is 461. The number of aliphatic carboxylic acids is 1. The predicted octanol–water partition coefficient (Wildman–Crippen LogP) is 0.700. The van der Waals surface area contributed by atoms with Crippen molar-refractivity contribution in [3.8, 4) is 0 Å². The van der Waals surface area contributed by atoms with Crippen LogP contribution in [0.4, 0.5) is 4.39 Å². The molecule has 0 saturated heterocycles. The van der Waals surface area contributed by atoms with E-state index in [2.05, 4.69) is 5.32 Å². The molecule has 0 aliphatic heterocycles. The molecule has 0 unspecified atom stereocenters. The van der Waals surface area contributed by atoms with E-state index in [1.165, 1.54) is 25.1 Å². The van der Waals surface area contributed by atoms with Gasteiger partial charge in [0, 0.05) is 13.0 Å². The molecule has 0 radical (unpaired) electrons. The maximum atomic E-state index is 13.6. The third-order valence-corrected chi connectivity index (χ3v) is 2.46. The number of aryl methyl sites for hydroxylation is 1. The molecular weight excluding hydrogens is 241 g/mol. The van der Waals surface area contributed by atoms with Crippen LogP contribution in [-0.4, -0.2) is 34.7 Å². The zero-order chi connectivity index (χ0) is 13.7. The molecule has 6 heteroatoms. The fourth-order valence-corrected chi connectivity index (χ4v) is 1.45. The summed E-state index contributed by atoms with van der Waals surface area (Å²) in [7, 11) is 0. The number of benzene rings is 1. The molecule has 0 saturated carbocycles. The number of hydrogen-bond donors (Lipinski definition) is 3. The average molecular weight is 255 g/mol. The maximum Gasteiger partial charge on any atom is 0.326 e. The molecule has 1 aromatic carbocycles. The van der Waals surface area contributed by atoms with Crippen LogP contribution in [0.5, 0.6) is 0 Å². The van der Waals surface area contributed by atoms with E-state index in [4.69, 9.17) is 10.2 Å². The smallest absolute Gasteiger partial charge is 0.326 e. The molecule has 0 aliphatic carbocycles. The van der Waals surface area contributed by atoms with Crippen molar-refractivity contribution in [2.24, 2.45) is 0 Å². The van der Waals surface area contributed by atoms with Crippen LogP contribution in [0.3, 0.4) is 0 Å². The molecule has 98 valence electrons. The van der Waals surface area contributed by atoms with E-state index in [-0.39, 0.29) is 18.6 Å². The Labute approximate surface area is 103 Å². The fourth-order valence-electron chi connectivity index (χ4n) is 1.45. The second-order valence-electron chi connectivity index (χ2n) is 3.81. The summed E-state index contributed by atoms with van der Waals surface area (Å²) in [6.07, 6.45) is -0.130. The normalized spacial score (nSPS) is 11.9. The highest BCUT2D eigenvalue weighted by Crippen LogP contribution is 2.12. The van der Waals surface area contributed by atoms with Crippen molar-refractivity contribution in [2.45, 2.75) is 19.4 Å². The molecule has 0 aliphatic rings. The highest BCUT2D eigenvalue weighted by Gasteiger charge is 2.21. The number of carbonyl (C=O) groups excluding carboxylic acids is 1. The van der Waals surface area contributed by atoms with E-state index in [1.807, 2.05) is 0 Å². The monoisotopic (exact) mass is 255 g/mol. The summed E-state index contributed by atoms with van der Waals surface area (Å²) in [6.45, 7) is 1.13. The van der Waals surface area contributed by atoms with E-state index >= 15 is 0 Å². The zero-order valence-corrected chi connectivity index (χ0v) is 9.81. The van der Waals surface area contributed by atoms with Crippen LogP contribution in [0.15, 0.2) is 18.2 Å². The number of carboxylic acid groups (broad SMARTS) is 1. The first-order chi connectivity index (χ1) is 8.47. The first-order valence-corrected chi connectivity index (χ1v) is 5.37. The Hall–Kier alpha value is -1.95. The second-order valence-corrected chi connectivity index (χ2v) is 3.81. The molecular formula is C12H14FNO4. The molecule has 0 aromatic heterocycles. The topological polar surface area (TPSA) is 86.6 Å². The number of aliphatic hydroxyl groups is 1. The molecule has 0 spiro atoms. The predicted molar refractivity (Wildman–Crippen MR) is 61.7 cm³/mol. The van der Waals surface area contributed by atoms with Crippen molar-refractivity contribution in [1.82, 2.24) is 5.32 Å². The van der Waals surface area contributed by atoms with Crippen LogP contribution in [0, 0.1) is 12.7 Å². The van der Waals surface area contributed by atoms with Gasteiger partial charge in [-0.05, 0) is 18.6 Å². The largest absolute Gasteiger partial charge is 0.480 e. The van der Waals surface area contributed by atoms with Gasteiger partial charge in [-0.1, -0.05) is 12.1 Å². The van der Waals surface area contributed by atoms with Crippen molar-refractivity contribution in [3.05, 3.63) is 35.1 Å². The lowest BCUT2D eigenvalue weighted by molar-refractivity contribution is -0.139. The second kappa shape index (κ2) is 6.11. The van der Waals surface area contributed by atoms with Crippen molar-refractivity contribution in [3.63, 3.8) is 0 Å². The number of rotatable bonds is 5. The van der Waals surface area contributed by atoms with Crippen LogP contribution in [0.25, 0.3) is 0 Å². The Morgan fingerprint density at radius 2 is 2.11 bits per heavy atom. The highest BCUT2D eigenvalue weighted by atomic mass is 19.1. The van der Waals surface area contributed by atoms with E-state index < -0.39 is 23.7 Å². The number of halogens is 1. The molecule has 0 fully saturated rings. The summed E-state index contributed by atoms with van der Waals surface area (Å²) in [4.78, 5) is 22.5. The van der Waals surface area contributed by atoms with E-state index in [0.717, 1.165) is 0 Å². The molecule has 0 heterocycles. The Morgan fingerprint density at radius 3 is 2.67 bits per heavy atom. The van der Waals surface area contributed by atoms with E-state index in [9.17, 15) is 14.0 Å². The number of amides is 1. The van der Waals surface area contributed by atoms with Crippen LogP contribution in [0.2, 0.25) is 0 Å². The molecule has 18 heavy (non-hydrogen) atoms. The first-order valence-electron chi connectivity index (χ1n) is 5.37. The molecule has 5 nitrogen and oxygen atoms in total. The standard InChI is InChI=1S/C12H14FNO4/c1-7-3-2-4-8(10(7)13)11(16)14-9(5-6-15)12(17)18/h2-4,9,15H,5-6H2,1H3,(H,14,16)(H,17,18)/t9-/m1/s1. The lowest BCUT2D eigenvalue weighted by Gasteiger charge is -2.13. The third-order valence-electron chi connectivity index (χ3n) is 2.46. The van der Waals surface area contributed by atoms with Crippen LogP contribution < -0.4 is 5.32 Å². The summed E-state index contributed by atoms with van der Waals surface area (Å²) in [6, 6.07) is 3.06. The Morgan fingerprint density at radius 1 is 1.44 bits per heavy atom. The molecule has 1 rings (SSSR count). The SMILES string of the molecule is Cc1cccc(C(=O)N[C@H](CCO)C(=O)O)c1F. The summed E-state index contributed by atoms with van der Waals surface area (Å²) >= 11 is 0. The minimum absolute atomic E-state index is 0.130. The average Bonchev–Trinajstić information content (AvgIpc) is 2.31. The van der Waals surface area contributed by atoms with E-state index in [1.54, 1.807) is 0 Å². The van der Waals surface area contributed by atoms with E-state index in [0.29, 0.717) is 5.56 Å². The minimum atomic E-state index is -1.27. The van der Waals surface area contributed by atoms with Gasteiger partial charge >= 0.3 is 5.97 Å². The molecule has 1 aromatic rings. The minimum Gasteiger partial charge on any atom is -0.480 e. The summed E-state index contributed by atoms with van der Waals surface area (Å²) in [5.41, 5.74) is 0.0934. The van der Waals surface area contributed by atoms with Gasteiger partial charge in [-0.25, -0.2) is 9.18 Å². The third kappa shape index (κ3) is 3.27. The highest BCUT2D eigenvalue weighted by molar-refractivity contribution is 5.97. The number of aliphatic hydroxyl groups excluding tert-OH is 1. The Kier molecular flexibility index (Phi) is 4.79. The van der Waals surface area contributed by atoms with Crippen LogP contribution in [-0.2, 0) is 4.79 Å². The molecule has 1 atom stereocenters. The van der Waals surface area contributed by atoms with Gasteiger partial charge in [0.15, 0.2) is 0 Å². The lowest BCUT2D eigenvalue weighted by Crippen LogP contribution is -2.41. The first kappa shape index (κ1) is 14.1. The maximum absolute atomic E-state index is 13.6. The van der Waals surface area contributed by atoms with Gasteiger partial charge in [0.05, 0.1) is 5.56 Å². The number of carbonyl (C=O) groups is 2. The number of nitrogens with one attached hydrogen (secondary N) is 1.